The second-order valence-electron chi connectivity index (χ2n) is 10.3. The van der Waals surface area contributed by atoms with Crippen LogP contribution in [0.5, 0.6) is 0 Å². The lowest BCUT2D eigenvalue weighted by atomic mass is 9.98. The van der Waals surface area contributed by atoms with Gasteiger partial charge in [0.05, 0.1) is 35.3 Å². The van der Waals surface area contributed by atoms with E-state index in [0.29, 0.717) is 16.1 Å². The number of hydrogen-bond donors (Lipinski definition) is 3. The van der Waals surface area contributed by atoms with Crippen molar-refractivity contribution in [3.63, 3.8) is 0 Å². The highest BCUT2D eigenvalue weighted by atomic mass is 35.5. The average molecular weight is 700 g/mol. The number of para-hydroxylation sites is 1. The highest BCUT2D eigenvalue weighted by Crippen LogP contribution is 2.26. The van der Waals surface area contributed by atoms with Gasteiger partial charge in [-0.1, -0.05) is 41.9 Å². The maximum Gasteiger partial charge on any atom is 0.407 e. The number of amides is 1. The SMILES string of the molecule is CCOC(=O)c1c(C)cc2nc(COC(=O)NCCOC(=O)[C@H](N)c3ccccc3Cl)n(-c3ccccc3S(=O)(=O)NC)c(=O)c2c1C. The third-order valence-corrected chi connectivity index (χ3v) is 9.07. The molecule has 0 aliphatic heterocycles. The Morgan fingerprint density at radius 1 is 1.04 bits per heavy atom. The van der Waals surface area contributed by atoms with Gasteiger partial charge >= 0.3 is 18.0 Å². The van der Waals surface area contributed by atoms with Gasteiger partial charge in [0.25, 0.3) is 5.56 Å². The predicted octanol–water partition coefficient (Wildman–Crippen LogP) is 3.21. The first kappa shape index (κ1) is 36.0. The fraction of sp³-hybridized carbons (Fsp3) is 0.281. The van der Waals surface area contributed by atoms with Crippen LogP contribution in [0, 0.1) is 13.8 Å². The van der Waals surface area contributed by atoms with Gasteiger partial charge in [-0.25, -0.2) is 32.5 Å². The van der Waals surface area contributed by atoms with Crippen LogP contribution in [0.2, 0.25) is 5.02 Å². The molecule has 0 spiro atoms. The molecule has 0 aliphatic carbocycles. The highest BCUT2D eigenvalue weighted by molar-refractivity contribution is 7.89. The van der Waals surface area contributed by atoms with E-state index in [0.717, 1.165) is 4.57 Å². The van der Waals surface area contributed by atoms with Crippen molar-refractivity contribution in [2.75, 3.05) is 26.8 Å². The number of aromatic nitrogens is 2. The van der Waals surface area contributed by atoms with Gasteiger partial charge in [-0.15, -0.1) is 0 Å². The van der Waals surface area contributed by atoms with Crippen molar-refractivity contribution in [3.8, 4) is 5.69 Å². The average Bonchev–Trinajstić information content (AvgIpc) is 3.05. The van der Waals surface area contributed by atoms with E-state index in [1.54, 1.807) is 45.0 Å². The number of benzene rings is 3. The molecular weight excluding hydrogens is 666 g/mol. The van der Waals surface area contributed by atoms with Crippen molar-refractivity contribution < 1.29 is 37.0 Å². The number of alkyl carbamates (subject to hydrolysis) is 1. The Kier molecular flexibility index (Phi) is 11.5. The molecule has 0 radical (unpaired) electrons. The third-order valence-electron chi connectivity index (χ3n) is 7.26. The van der Waals surface area contributed by atoms with Crippen LogP contribution in [0.4, 0.5) is 4.79 Å². The van der Waals surface area contributed by atoms with Gasteiger partial charge in [-0.05, 0) is 68.8 Å². The van der Waals surface area contributed by atoms with Crippen LogP contribution in [-0.4, -0.2) is 62.8 Å². The number of nitrogens with zero attached hydrogens (tertiary/aromatic N) is 2. The van der Waals surface area contributed by atoms with Crippen molar-refractivity contribution in [1.29, 1.82) is 0 Å². The van der Waals surface area contributed by atoms with E-state index in [2.05, 4.69) is 15.0 Å². The van der Waals surface area contributed by atoms with E-state index >= 15 is 0 Å². The molecule has 1 heterocycles. The van der Waals surface area contributed by atoms with Crippen LogP contribution in [0.3, 0.4) is 0 Å². The summed E-state index contributed by atoms with van der Waals surface area (Å²) in [5.74, 6) is -1.49. The molecule has 0 saturated heterocycles. The topological polar surface area (TPSA) is 198 Å². The zero-order valence-corrected chi connectivity index (χ0v) is 28.1. The van der Waals surface area contributed by atoms with E-state index in [4.69, 9.17) is 31.5 Å². The van der Waals surface area contributed by atoms with Crippen molar-refractivity contribution in [2.45, 2.75) is 38.3 Å². The Labute approximate surface area is 281 Å². The van der Waals surface area contributed by atoms with E-state index in [1.165, 1.54) is 37.4 Å². The standard InChI is InChI=1S/C32H34ClN5O9S/c1-5-45-30(40)26-18(2)16-22-27(19(26)3)29(39)38(23-12-8-9-13-24(23)48(43,44)35-4)25(37-22)17-47-32(42)36-14-15-46-31(41)28(34)20-10-6-7-11-21(20)33/h6-13,16,28,35H,5,14-15,17,34H2,1-4H3,(H,36,42)/t28-/m1/s1. The van der Waals surface area contributed by atoms with Crippen LogP contribution in [0.25, 0.3) is 16.6 Å². The number of halogens is 1. The van der Waals surface area contributed by atoms with Gasteiger partial charge in [0.15, 0.2) is 12.4 Å². The summed E-state index contributed by atoms with van der Waals surface area (Å²) < 4.78 is 44.8. The lowest BCUT2D eigenvalue weighted by Crippen LogP contribution is -2.32. The maximum atomic E-state index is 14.2. The summed E-state index contributed by atoms with van der Waals surface area (Å²) in [6, 6.07) is 12.7. The number of nitrogens with two attached hydrogens (primary N) is 1. The largest absolute Gasteiger partial charge is 0.462 e. The van der Waals surface area contributed by atoms with E-state index < -0.39 is 46.3 Å². The Balaban J connectivity index is 1.63. The molecule has 0 bridgehead atoms. The molecule has 254 valence electrons. The number of carbonyl (C=O) groups is 3. The second kappa shape index (κ2) is 15.4. The predicted molar refractivity (Wildman–Crippen MR) is 177 cm³/mol. The van der Waals surface area contributed by atoms with Gasteiger partial charge in [-0.3, -0.25) is 9.36 Å². The summed E-state index contributed by atoms with van der Waals surface area (Å²) in [7, 11) is -2.85. The highest BCUT2D eigenvalue weighted by Gasteiger charge is 2.26. The number of hydrogen-bond acceptors (Lipinski definition) is 11. The molecule has 0 fully saturated rings. The summed E-state index contributed by atoms with van der Waals surface area (Å²) in [5, 5.41) is 2.78. The molecule has 4 rings (SSSR count). The second-order valence-corrected chi connectivity index (χ2v) is 12.6. The quantitative estimate of drug-likeness (QED) is 0.111. The maximum absolute atomic E-state index is 14.2. The van der Waals surface area contributed by atoms with Crippen molar-refractivity contribution >= 4 is 50.6 Å². The zero-order chi connectivity index (χ0) is 35.2. The van der Waals surface area contributed by atoms with Crippen LogP contribution in [0.15, 0.2) is 64.3 Å². The Morgan fingerprint density at radius 2 is 1.73 bits per heavy atom. The van der Waals surface area contributed by atoms with E-state index in [-0.39, 0.29) is 58.2 Å². The van der Waals surface area contributed by atoms with Crippen LogP contribution in [0.1, 0.15) is 45.8 Å². The van der Waals surface area contributed by atoms with Gasteiger partial charge in [0.1, 0.15) is 17.5 Å². The van der Waals surface area contributed by atoms with Crippen molar-refractivity contribution in [1.82, 2.24) is 19.6 Å². The number of sulfonamides is 1. The molecule has 3 aromatic carbocycles. The van der Waals surface area contributed by atoms with Gasteiger partial charge in [0, 0.05) is 5.02 Å². The molecule has 1 amide bonds. The van der Waals surface area contributed by atoms with Gasteiger partial charge < -0.3 is 25.3 Å². The molecule has 16 heteroatoms. The van der Waals surface area contributed by atoms with E-state index in [9.17, 15) is 27.6 Å². The number of rotatable bonds is 12. The van der Waals surface area contributed by atoms with Gasteiger partial charge in [-0.2, -0.15) is 0 Å². The minimum Gasteiger partial charge on any atom is -0.462 e. The fourth-order valence-corrected chi connectivity index (χ4v) is 6.18. The van der Waals surface area contributed by atoms with Crippen LogP contribution < -0.4 is 21.3 Å². The number of aryl methyl sites for hydroxylation is 2. The van der Waals surface area contributed by atoms with Crippen molar-refractivity contribution in [3.05, 3.63) is 98.1 Å². The van der Waals surface area contributed by atoms with Crippen molar-refractivity contribution in [2.24, 2.45) is 5.73 Å². The summed E-state index contributed by atoms with van der Waals surface area (Å²) in [6.45, 7) is 4.06. The molecular formula is C32H34ClN5O9S. The number of ether oxygens (including phenoxy) is 3. The normalized spacial score (nSPS) is 12.0. The molecule has 1 atom stereocenters. The van der Waals surface area contributed by atoms with Crippen LogP contribution in [-0.2, 0) is 35.6 Å². The number of carbonyl (C=O) groups excluding carboxylic acids is 3. The monoisotopic (exact) mass is 699 g/mol. The lowest BCUT2D eigenvalue weighted by Gasteiger charge is -2.19. The third kappa shape index (κ3) is 7.65. The summed E-state index contributed by atoms with van der Waals surface area (Å²) in [5.41, 5.74) is 6.71. The molecule has 14 nitrogen and oxygen atoms in total. The number of nitrogens with one attached hydrogen (secondary N) is 2. The smallest absolute Gasteiger partial charge is 0.407 e. The fourth-order valence-electron chi connectivity index (χ4n) is 5.01. The first-order valence-corrected chi connectivity index (χ1v) is 16.5. The number of esters is 2. The molecule has 4 N–H and O–H groups in total. The van der Waals surface area contributed by atoms with Gasteiger partial charge in [0.2, 0.25) is 10.0 Å². The lowest BCUT2D eigenvalue weighted by molar-refractivity contribution is -0.145. The summed E-state index contributed by atoms with van der Waals surface area (Å²) >= 11 is 6.09. The molecule has 4 aromatic rings. The zero-order valence-electron chi connectivity index (χ0n) is 26.5. The number of fused-ring (bicyclic) bond motifs is 1. The van der Waals surface area contributed by atoms with Crippen LogP contribution >= 0.6 is 11.6 Å². The Bertz CT molecular complexity index is 2050. The Morgan fingerprint density at radius 3 is 2.42 bits per heavy atom. The first-order valence-electron chi connectivity index (χ1n) is 14.7. The summed E-state index contributed by atoms with van der Waals surface area (Å²) in [6.07, 6.45) is -0.941. The van der Waals surface area contributed by atoms with E-state index in [1.807, 2.05) is 0 Å². The molecule has 0 saturated carbocycles. The minimum atomic E-state index is -4.08. The molecule has 48 heavy (non-hydrogen) atoms. The first-order chi connectivity index (χ1) is 22.8. The molecule has 0 unspecified atom stereocenters. The summed E-state index contributed by atoms with van der Waals surface area (Å²) in [4.78, 5) is 56.3. The molecule has 1 aromatic heterocycles. The minimum absolute atomic E-state index is 0.0466. The molecule has 0 aliphatic rings. The Hall–Kier alpha value is -4.83.